The van der Waals surface area contributed by atoms with Crippen LogP contribution in [-0.2, 0) is 25.5 Å². The molecule has 2 saturated heterocycles. The van der Waals surface area contributed by atoms with Crippen molar-refractivity contribution in [3.8, 4) is 10.4 Å². The van der Waals surface area contributed by atoms with Gasteiger partial charge in [-0.3, -0.25) is 9.59 Å². The standard InChI is InChI=1S/C21H24N2O4S/c22-20(25)21(13-15-5-7-16(8-6-15)18-4-2-12-28-18)14-23(9-11-27-21)19(24)17-3-1-10-26-17/h2,4-8,12,17H,1,3,9-11,13-14H2,(H2,22,25)/t17-,21-/m1/s1. The van der Waals surface area contributed by atoms with Gasteiger partial charge in [0.05, 0.1) is 13.2 Å². The van der Waals surface area contributed by atoms with Crippen LogP contribution in [-0.4, -0.2) is 54.7 Å². The highest BCUT2D eigenvalue weighted by Crippen LogP contribution is 2.28. The van der Waals surface area contributed by atoms with Crippen LogP contribution in [0.3, 0.4) is 0 Å². The van der Waals surface area contributed by atoms with Gasteiger partial charge in [0, 0.05) is 24.4 Å². The second kappa shape index (κ2) is 8.03. The first-order valence-corrected chi connectivity index (χ1v) is 10.4. The predicted molar refractivity (Wildman–Crippen MR) is 107 cm³/mol. The summed E-state index contributed by atoms with van der Waals surface area (Å²) in [6.45, 7) is 1.51. The van der Waals surface area contributed by atoms with Gasteiger partial charge in [-0.15, -0.1) is 11.3 Å². The lowest BCUT2D eigenvalue weighted by atomic mass is 9.91. The summed E-state index contributed by atoms with van der Waals surface area (Å²) in [5.74, 6) is -0.612. The number of morpholine rings is 1. The number of rotatable bonds is 5. The molecule has 2 atom stereocenters. The molecular weight excluding hydrogens is 376 g/mol. The van der Waals surface area contributed by atoms with Crippen molar-refractivity contribution in [2.75, 3.05) is 26.3 Å². The molecular formula is C21H24N2O4S. The highest BCUT2D eigenvalue weighted by atomic mass is 32.1. The molecule has 2 N–H and O–H groups in total. The van der Waals surface area contributed by atoms with E-state index in [2.05, 4.69) is 6.07 Å². The fourth-order valence-electron chi connectivity index (χ4n) is 3.85. The Bertz CT molecular complexity index is 831. The third-order valence-corrected chi connectivity index (χ3v) is 6.32. The van der Waals surface area contributed by atoms with E-state index in [1.807, 2.05) is 35.7 Å². The SMILES string of the molecule is NC(=O)[C@@]1(Cc2ccc(-c3cccs3)cc2)CN(C(=O)[C@H]2CCCO2)CCO1. The normalized spacial score (nSPS) is 25.0. The molecule has 0 spiro atoms. The van der Waals surface area contributed by atoms with Crippen molar-refractivity contribution in [3.63, 3.8) is 0 Å². The second-order valence-electron chi connectivity index (χ2n) is 7.32. The monoisotopic (exact) mass is 400 g/mol. The summed E-state index contributed by atoms with van der Waals surface area (Å²) in [5, 5.41) is 2.04. The Morgan fingerprint density at radius 1 is 1.21 bits per heavy atom. The summed E-state index contributed by atoms with van der Waals surface area (Å²) in [5.41, 5.74) is 6.61. The van der Waals surface area contributed by atoms with E-state index in [-0.39, 0.29) is 19.1 Å². The molecule has 148 valence electrons. The van der Waals surface area contributed by atoms with Crippen LogP contribution in [0.5, 0.6) is 0 Å². The molecule has 1 aromatic carbocycles. The van der Waals surface area contributed by atoms with Gasteiger partial charge in [-0.2, -0.15) is 0 Å². The predicted octanol–water partition coefficient (Wildman–Crippen LogP) is 2.22. The molecule has 0 unspecified atom stereocenters. The van der Waals surface area contributed by atoms with Crippen LogP contribution in [0.15, 0.2) is 41.8 Å². The molecule has 7 heteroatoms. The first-order chi connectivity index (χ1) is 13.6. The lowest BCUT2D eigenvalue weighted by molar-refractivity contribution is -0.167. The Labute approximate surface area is 168 Å². The summed E-state index contributed by atoms with van der Waals surface area (Å²) in [6.07, 6.45) is 1.54. The van der Waals surface area contributed by atoms with Crippen molar-refractivity contribution in [1.82, 2.24) is 4.90 Å². The summed E-state index contributed by atoms with van der Waals surface area (Å²) >= 11 is 1.68. The number of amides is 2. The number of carbonyl (C=O) groups is 2. The smallest absolute Gasteiger partial charge is 0.251 e. The molecule has 4 rings (SSSR count). The van der Waals surface area contributed by atoms with Gasteiger partial charge in [0.15, 0.2) is 5.60 Å². The average Bonchev–Trinajstić information content (AvgIpc) is 3.42. The van der Waals surface area contributed by atoms with Gasteiger partial charge in [-0.1, -0.05) is 30.3 Å². The molecule has 28 heavy (non-hydrogen) atoms. The van der Waals surface area contributed by atoms with Crippen LogP contribution < -0.4 is 5.73 Å². The number of thiophene rings is 1. The Balaban J connectivity index is 1.51. The van der Waals surface area contributed by atoms with E-state index in [9.17, 15) is 9.59 Å². The van der Waals surface area contributed by atoms with Crippen molar-refractivity contribution >= 4 is 23.2 Å². The number of nitrogens with two attached hydrogens (primary N) is 1. The zero-order valence-electron chi connectivity index (χ0n) is 15.6. The van der Waals surface area contributed by atoms with Gasteiger partial charge >= 0.3 is 0 Å². The fourth-order valence-corrected chi connectivity index (χ4v) is 4.58. The van der Waals surface area contributed by atoms with E-state index >= 15 is 0 Å². The Hall–Kier alpha value is -2.22. The van der Waals surface area contributed by atoms with E-state index < -0.39 is 17.6 Å². The Morgan fingerprint density at radius 3 is 2.68 bits per heavy atom. The fraction of sp³-hybridized carbons (Fsp3) is 0.429. The summed E-state index contributed by atoms with van der Waals surface area (Å²) in [6, 6.07) is 12.1. The summed E-state index contributed by atoms with van der Waals surface area (Å²) < 4.78 is 11.4. The van der Waals surface area contributed by atoms with E-state index in [1.165, 1.54) is 4.88 Å². The van der Waals surface area contributed by atoms with Crippen LogP contribution in [0.4, 0.5) is 0 Å². The lowest BCUT2D eigenvalue weighted by Crippen LogP contribution is -2.62. The molecule has 2 fully saturated rings. The minimum absolute atomic E-state index is 0.0699. The van der Waals surface area contributed by atoms with E-state index in [0.717, 1.165) is 24.0 Å². The number of nitrogens with zero attached hydrogens (tertiary/aromatic N) is 1. The van der Waals surface area contributed by atoms with Crippen LogP contribution in [0.1, 0.15) is 18.4 Å². The van der Waals surface area contributed by atoms with Gasteiger partial charge in [0.1, 0.15) is 6.10 Å². The van der Waals surface area contributed by atoms with Crippen LogP contribution in [0, 0.1) is 0 Å². The molecule has 2 amide bonds. The van der Waals surface area contributed by atoms with E-state index in [1.54, 1.807) is 16.2 Å². The van der Waals surface area contributed by atoms with E-state index in [4.69, 9.17) is 15.2 Å². The third kappa shape index (κ3) is 3.83. The minimum Gasteiger partial charge on any atom is -0.368 e. The zero-order chi connectivity index (χ0) is 19.6. The number of ether oxygens (including phenoxy) is 2. The molecule has 0 bridgehead atoms. The molecule has 0 radical (unpaired) electrons. The molecule has 1 aromatic heterocycles. The summed E-state index contributed by atoms with van der Waals surface area (Å²) in [4.78, 5) is 28.0. The number of primary amides is 1. The maximum absolute atomic E-state index is 12.7. The average molecular weight is 401 g/mol. The lowest BCUT2D eigenvalue weighted by Gasteiger charge is -2.41. The topological polar surface area (TPSA) is 81.9 Å². The van der Waals surface area contributed by atoms with Crippen LogP contribution in [0.2, 0.25) is 0 Å². The van der Waals surface area contributed by atoms with Crippen molar-refractivity contribution < 1.29 is 19.1 Å². The molecule has 2 aliphatic heterocycles. The molecule has 6 nitrogen and oxygen atoms in total. The number of carbonyl (C=O) groups excluding carboxylic acids is 2. The zero-order valence-corrected chi connectivity index (χ0v) is 16.5. The van der Waals surface area contributed by atoms with Gasteiger partial charge in [-0.25, -0.2) is 0 Å². The van der Waals surface area contributed by atoms with Crippen LogP contribution >= 0.6 is 11.3 Å². The van der Waals surface area contributed by atoms with Crippen molar-refractivity contribution in [3.05, 3.63) is 47.3 Å². The van der Waals surface area contributed by atoms with Gasteiger partial charge in [0.25, 0.3) is 11.8 Å². The third-order valence-electron chi connectivity index (χ3n) is 5.40. The van der Waals surface area contributed by atoms with Crippen molar-refractivity contribution in [2.24, 2.45) is 5.73 Å². The summed E-state index contributed by atoms with van der Waals surface area (Å²) in [7, 11) is 0. The van der Waals surface area contributed by atoms with Gasteiger partial charge in [-0.05, 0) is 35.4 Å². The highest BCUT2D eigenvalue weighted by molar-refractivity contribution is 7.13. The molecule has 2 aliphatic rings. The number of benzene rings is 1. The molecule has 0 aliphatic carbocycles. The molecule has 3 heterocycles. The quantitative estimate of drug-likeness (QED) is 0.834. The second-order valence-corrected chi connectivity index (χ2v) is 8.27. The van der Waals surface area contributed by atoms with Gasteiger partial charge < -0.3 is 20.1 Å². The first kappa shape index (κ1) is 19.1. The van der Waals surface area contributed by atoms with Crippen molar-refractivity contribution in [2.45, 2.75) is 31.0 Å². The largest absolute Gasteiger partial charge is 0.368 e. The van der Waals surface area contributed by atoms with Gasteiger partial charge in [0.2, 0.25) is 0 Å². The number of hydrogen-bond donors (Lipinski definition) is 1. The minimum atomic E-state index is -1.21. The Kier molecular flexibility index (Phi) is 5.48. The number of hydrogen-bond acceptors (Lipinski definition) is 5. The maximum Gasteiger partial charge on any atom is 0.251 e. The first-order valence-electron chi connectivity index (χ1n) is 9.54. The van der Waals surface area contributed by atoms with Crippen LogP contribution in [0.25, 0.3) is 10.4 Å². The highest BCUT2D eigenvalue weighted by Gasteiger charge is 2.45. The molecule has 0 saturated carbocycles. The Morgan fingerprint density at radius 2 is 2.04 bits per heavy atom. The molecule has 2 aromatic rings. The maximum atomic E-state index is 12.7. The van der Waals surface area contributed by atoms with Crippen molar-refractivity contribution in [1.29, 1.82) is 0 Å². The van der Waals surface area contributed by atoms with E-state index in [0.29, 0.717) is 19.6 Å².